The van der Waals surface area contributed by atoms with Crippen molar-refractivity contribution in [2.45, 2.75) is 32.6 Å². The van der Waals surface area contributed by atoms with E-state index in [0.717, 1.165) is 17.6 Å². The summed E-state index contributed by atoms with van der Waals surface area (Å²) in [5.41, 5.74) is 0.666. The topological polar surface area (TPSA) is 33.0 Å². The Morgan fingerprint density at radius 1 is 1.21 bits per heavy atom. The molecular weight excluding hydrogens is 234 g/mol. The lowest BCUT2D eigenvalue weighted by Gasteiger charge is -2.23. The third-order valence-corrected chi connectivity index (χ3v) is 3.80. The molecule has 1 aliphatic carbocycles. The van der Waals surface area contributed by atoms with Gasteiger partial charge in [0.1, 0.15) is 12.4 Å². The van der Waals surface area contributed by atoms with Gasteiger partial charge < -0.3 is 4.74 Å². The number of hydrogen-bond acceptors (Lipinski definition) is 2. The van der Waals surface area contributed by atoms with Gasteiger partial charge in [-0.2, -0.15) is 5.26 Å². The van der Waals surface area contributed by atoms with Crippen molar-refractivity contribution in [3.8, 4) is 11.8 Å². The molecule has 100 valence electrons. The van der Waals surface area contributed by atoms with E-state index in [2.05, 4.69) is 25.1 Å². The monoisotopic (exact) mass is 255 g/mol. The lowest BCUT2D eigenvalue weighted by molar-refractivity contribution is 0.326. The van der Waals surface area contributed by atoms with Crippen molar-refractivity contribution >= 4 is 0 Å². The minimum absolute atomic E-state index is 0.609. The summed E-state index contributed by atoms with van der Waals surface area (Å²) >= 11 is 0. The van der Waals surface area contributed by atoms with E-state index in [-0.39, 0.29) is 0 Å². The second-order valence-corrected chi connectivity index (χ2v) is 5.40. The second-order valence-electron chi connectivity index (χ2n) is 5.40. The Balaban J connectivity index is 1.72. The Bertz CT molecular complexity index is 447. The first-order valence-corrected chi connectivity index (χ1v) is 7.07. The number of hydrogen-bond donors (Lipinski definition) is 0. The first kappa shape index (κ1) is 13.7. The van der Waals surface area contributed by atoms with Crippen LogP contribution in [0.15, 0.2) is 36.4 Å². The smallest absolute Gasteiger partial charge is 0.119 e. The maximum Gasteiger partial charge on any atom is 0.119 e. The summed E-state index contributed by atoms with van der Waals surface area (Å²) in [6, 6.07) is 9.34. The van der Waals surface area contributed by atoms with E-state index in [0.29, 0.717) is 12.2 Å². The molecule has 2 nitrogen and oxygen atoms in total. The quantitative estimate of drug-likeness (QED) is 0.751. The van der Waals surface area contributed by atoms with Crippen LogP contribution in [0.1, 0.15) is 38.2 Å². The third-order valence-electron chi connectivity index (χ3n) is 3.80. The number of nitriles is 1. The van der Waals surface area contributed by atoms with Gasteiger partial charge in [0, 0.05) is 0 Å². The van der Waals surface area contributed by atoms with Gasteiger partial charge in [-0.15, -0.1) is 0 Å². The first-order valence-electron chi connectivity index (χ1n) is 7.07. The standard InChI is InChI=1S/C17H21NO/c1-14-4-6-15(7-5-14)3-2-12-19-17-10-8-16(13-18)9-11-17/h2-3,8-11,14-15H,4-7,12H2,1H3/b3-2+. The zero-order valence-corrected chi connectivity index (χ0v) is 11.5. The molecule has 0 aliphatic heterocycles. The van der Waals surface area contributed by atoms with E-state index in [1.807, 2.05) is 12.1 Å². The summed E-state index contributed by atoms with van der Waals surface area (Å²) in [4.78, 5) is 0. The van der Waals surface area contributed by atoms with E-state index >= 15 is 0 Å². The fourth-order valence-electron chi connectivity index (χ4n) is 2.50. The SMILES string of the molecule is CC1CCC(/C=C/COc2ccc(C#N)cc2)CC1. The van der Waals surface area contributed by atoms with Gasteiger partial charge in [-0.25, -0.2) is 0 Å². The molecule has 0 bridgehead atoms. The molecule has 0 aromatic heterocycles. The largest absolute Gasteiger partial charge is 0.490 e. The van der Waals surface area contributed by atoms with E-state index in [9.17, 15) is 0 Å². The highest BCUT2D eigenvalue weighted by atomic mass is 16.5. The highest BCUT2D eigenvalue weighted by molar-refractivity contribution is 5.34. The Morgan fingerprint density at radius 3 is 2.53 bits per heavy atom. The maximum atomic E-state index is 8.70. The highest BCUT2D eigenvalue weighted by Gasteiger charge is 2.15. The highest BCUT2D eigenvalue weighted by Crippen LogP contribution is 2.28. The van der Waals surface area contributed by atoms with Crippen molar-refractivity contribution in [2.24, 2.45) is 11.8 Å². The lowest BCUT2D eigenvalue weighted by Crippen LogP contribution is -2.10. The van der Waals surface area contributed by atoms with Gasteiger partial charge in [-0.05, 0) is 48.9 Å². The fraction of sp³-hybridized carbons (Fsp3) is 0.471. The maximum absolute atomic E-state index is 8.70. The Hall–Kier alpha value is -1.75. The van der Waals surface area contributed by atoms with Crippen LogP contribution in [0.2, 0.25) is 0 Å². The molecule has 0 atom stereocenters. The van der Waals surface area contributed by atoms with Crippen molar-refractivity contribution < 1.29 is 4.74 Å². The van der Waals surface area contributed by atoms with Crippen molar-refractivity contribution in [3.05, 3.63) is 42.0 Å². The second kappa shape index (κ2) is 6.99. The minimum Gasteiger partial charge on any atom is -0.490 e. The molecule has 2 heteroatoms. The number of benzene rings is 1. The summed E-state index contributed by atoms with van der Waals surface area (Å²) in [5.74, 6) is 2.46. The van der Waals surface area contributed by atoms with E-state index in [4.69, 9.17) is 10.00 Å². The van der Waals surface area contributed by atoms with Crippen LogP contribution in [0.25, 0.3) is 0 Å². The fourth-order valence-corrected chi connectivity index (χ4v) is 2.50. The molecule has 19 heavy (non-hydrogen) atoms. The lowest BCUT2D eigenvalue weighted by atomic mass is 9.83. The van der Waals surface area contributed by atoms with Gasteiger partial charge in [0.05, 0.1) is 11.6 Å². The van der Waals surface area contributed by atoms with Crippen LogP contribution in [0.3, 0.4) is 0 Å². The van der Waals surface area contributed by atoms with E-state index in [1.54, 1.807) is 12.1 Å². The average molecular weight is 255 g/mol. The molecule has 0 N–H and O–H groups in total. The zero-order chi connectivity index (χ0) is 13.5. The molecule has 1 aromatic rings. The number of rotatable bonds is 4. The summed E-state index contributed by atoms with van der Waals surface area (Å²) in [5, 5.41) is 8.70. The molecule has 0 heterocycles. The molecular formula is C17H21NO. The molecule has 1 fully saturated rings. The predicted molar refractivity (Wildman–Crippen MR) is 76.9 cm³/mol. The first-order chi connectivity index (χ1) is 9.28. The molecule has 0 amide bonds. The molecule has 1 aromatic carbocycles. The summed E-state index contributed by atoms with van der Waals surface area (Å²) < 4.78 is 5.62. The van der Waals surface area contributed by atoms with Crippen molar-refractivity contribution in [3.63, 3.8) is 0 Å². The number of allylic oxidation sites excluding steroid dienone is 1. The average Bonchev–Trinajstić information content (AvgIpc) is 2.46. The van der Waals surface area contributed by atoms with E-state index < -0.39 is 0 Å². The molecule has 2 rings (SSSR count). The Labute approximate surface area is 115 Å². The zero-order valence-electron chi connectivity index (χ0n) is 11.5. The number of ether oxygens (including phenoxy) is 1. The van der Waals surface area contributed by atoms with Crippen LogP contribution in [-0.4, -0.2) is 6.61 Å². The van der Waals surface area contributed by atoms with Crippen LogP contribution in [0.4, 0.5) is 0 Å². The van der Waals surface area contributed by atoms with Gasteiger partial charge in [0.15, 0.2) is 0 Å². The molecule has 0 unspecified atom stereocenters. The Kier molecular flexibility index (Phi) is 5.03. The van der Waals surface area contributed by atoms with Gasteiger partial charge in [0.2, 0.25) is 0 Å². The minimum atomic E-state index is 0.609. The third kappa shape index (κ3) is 4.44. The normalized spacial score (nSPS) is 23.2. The number of nitrogens with zero attached hydrogens (tertiary/aromatic N) is 1. The van der Waals surface area contributed by atoms with Crippen molar-refractivity contribution in [1.29, 1.82) is 5.26 Å². The van der Waals surface area contributed by atoms with Crippen molar-refractivity contribution in [1.82, 2.24) is 0 Å². The summed E-state index contributed by atoms with van der Waals surface area (Å²) in [7, 11) is 0. The van der Waals surface area contributed by atoms with Crippen LogP contribution >= 0.6 is 0 Å². The summed E-state index contributed by atoms with van der Waals surface area (Å²) in [6.07, 6.45) is 9.76. The molecule has 1 saturated carbocycles. The van der Waals surface area contributed by atoms with Gasteiger partial charge in [-0.1, -0.05) is 31.9 Å². The molecule has 0 spiro atoms. The van der Waals surface area contributed by atoms with Crippen LogP contribution < -0.4 is 4.74 Å². The van der Waals surface area contributed by atoms with E-state index in [1.165, 1.54) is 25.7 Å². The predicted octanol–water partition coefficient (Wildman–Crippen LogP) is 4.32. The molecule has 0 radical (unpaired) electrons. The van der Waals surface area contributed by atoms with Gasteiger partial charge in [0.25, 0.3) is 0 Å². The van der Waals surface area contributed by atoms with Crippen LogP contribution in [0.5, 0.6) is 5.75 Å². The van der Waals surface area contributed by atoms with Crippen LogP contribution in [-0.2, 0) is 0 Å². The van der Waals surface area contributed by atoms with Gasteiger partial charge >= 0.3 is 0 Å². The summed E-state index contributed by atoms with van der Waals surface area (Å²) in [6.45, 7) is 2.95. The molecule has 0 saturated heterocycles. The van der Waals surface area contributed by atoms with Crippen molar-refractivity contribution in [2.75, 3.05) is 6.61 Å². The molecule has 1 aliphatic rings. The Morgan fingerprint density at radius 2 is 1.89 bits per heavy atom. The van der Waals surface area contributed by atoms with Crippen LogP contribution in [0, 0.1) is 23.2 Å². The van der Waals surface area contributed by atoms with Gasteiger partial charge in [-0.3, -0.25) is 0 Å².